The number of aromatic nitrogens is 4. The number of halogens is 1. The maximum absolute atomic E-state index is 13.3. The van der Waals surface area contributed by atoms with E-state index >= 15 is 0 Å². The van der Waals surface area contributed by atoms with Gasteiger partial charge in [0.25, 0.3) is 0 Å². The molecule has 2 aromatic heterocycles. The Balaban J connectivity index is 2.15. The quantitative estimate of drug-likeness (QED) is 0.694. The third-order valence-electron chi connectivity index (χ3n) is 3.21. The predicted octanol–water partition coefficient (Wildman–Crippen LogP) is 2.53. The first-order valence-corrected chi connectivity index (χ1v) is 6.40. The van der Waals surface area contributed by atoms with Crippen molar-refractivity contribution in [1.82, 2.24) is 19.6 Å². The van der Waals surface area contributed by atoms with Crippen molar-refractivity contribution in [2.75, 3.05) is 0 Å². The second-order valence-corrected chi connectivity index (χ2v) is 4.78. The van der Waals surface area contributed by atoms with Crippen LogP contribution in [0, 0.1) is 12.7 Å². The lowest BCUT2D eigenvalue weighted by molar-refractivity contribution is 0.112. The number of benzene rings is 1. The molecule has 0 saturated carbocycles. The Labute approximate surface area is 120 Å². The lowest BCUT2D eigenvalue weighted by Crippen LogP contribution is -1.95. The number of aldehydes is 1. The molecule has 0 fully saturated rings. The largest absolute Gasteiger partial charge is 0.298 e. The maximum atomic E-state index is 13.3. The van der Waals surface area contributed by atoms with Crippen molar-refractivity contribution in [3.8, 4) is 16.9 Å². The second-order valence-electron chi connectivity index (χ2n) is 4.78. The molecule has 0 saturated heterocycles. The van der Waals surface area contributed by atoms with E-state index in [1.165, 1.54) is 16.8 Å². The summed E-state index contributed by atoms with van der Waals surface area (Å²) in [5.74, 6) is -0.352. The number of rotatable bonds is 3. The summed E-state index contributed by atoms with van der Waals surface area (Å²) >= 11 is 0. The summed E-state index contributed by atoms with van der Waals surface area (Å²) in [5.41, 5.74) is 3.11. The van der Waals surface area contributed by atoms with E-state index in [-0.39, 0.29) is 5.82 Å². The van der Waals surface area contributed by atoms with Crippen LogP contribution < -0.4 is 0 Å². The van der Waals surface area contributed by atoms with Crippen molar-refractivity contribution >= 4 is 6.29 Å². The van der Waals surface area contributed by atoms with Crippen molar-refractivity contribution in [3.05, 3.63) is 53.7 Å². The molecule has 3 rings (SSSR count). The zero-order valence-corrected chi connectivity index (χ0v) is 11.6. The molecular weight excluding hydrogens is 271 g/mol. The molecule has 0 aliphatic carbocycles. The summed E-state index contributed by atoms with van der Waals surface area (Å²) < 4.78 is 16.5. The van der Waals surface area contributed by atoms with Crippen LogP contribution in [0.25, 0.3) is 16.9 Å². The van der Waals surface area contributed by atoms with E-state index in [2.05, 4.69) is 10.2 Å². The summed E-state index contributed by atoms with van der Waals surface area (Å²) in [4.78, 5) is 11.3. The molecule has 5 nitrogen and oxygen atoms in total. The van der Waals surface area contributed by atoms with Gasteiger partial charge in [-0.2, -0.15) is 10.2 Å². The predicted molar refractivity (Wildman–Crippen MR) is 75.8 cm³/mol. The van der Waals surface area contributed by atoms with Gasteiger partial charge in [-0.25, -0.2) is 9.07 Å². The molecule has 0 aliphatic heterocycles. The molecule has 0 atom stereocenters. The normalized spacial score (nSPS) is 10.8. The minimum atomic E-state index is -0.352. The van der Waals surface area contributed by atoms with Crippen molar-refractivity contribution in [2.24, 2.45) is 7.05 Å². The molecule has 0 spiro atoms. The monoisotopic (exact) mass is 284 g/mol. The third-order valence-corrected chi connectivity index (χ3v) is 3.21. The van der Waals surface area contributed by atoms with Gasteiger partial charge >= 0.3 is 0 Å². The fraction of sp³-hybridized carbons (Fsp3) is 0.133. The summed E-state index contributed by atoms with van der Waals surface area (Å²) in [6, 6.07) is 6.05. The summed E-state index contributed by atoms with van der Waals surface area (Å²) in [6.45, 7) is 1.85. The molecule has 0 N–H and O–H groups in total. The van der Waals surface area contributed by atoms with Gasteiger partial charge < -0.3 is 0 Å². The van der Waals surface area contributed by atoms with Gasteiger partial charge in [-0.05, 0) is 25.1 Å². The van der Waals surface area contributed by atoms with E-state index in [0.29, 0.717) is 16.9 Å². The molecule has 0 bridgehead atoms. The van der Waals surface area contributed by atoms with Crippen LogP contribution in [0.15, 0.2) is 36.7 Å². The van der Waals surface area contributed by atoms with Crippen LogP contribution >= 0.6 is 0 Å². The number of hydrogen-bond acceptors (Lipinski definition) is 3. The first kappa shape index (κ1) is 13.2. The zero-order valence-electron chi connectivity index (χ0n) is 11.6. The van der Waals surface area contributed by atoms with Crippen LogP contribution in [0.1, 0.15) is 16.1 Å². The second kappa shape index (κ2) is 4.97. The Morgan fingerprint density at radius 3 is 2.67 bits per heavy atom. The van der Waals surface area contributed by atoms with E-state index < -0.39 is 0 Å². The van der Waals surface area contributed by atoms with Crippen molar-refractivity contribution < 1.29 is 9.18 Å². The van der Waals surface area contributed by atoms with Crippen LogP contribution in [0.5, 0.6) is 0 Å². The Kier molecular flexibility index (Phi) is 3.13. The van der Waals surface area contributed by atoms with Crippen molar-refractivity contribution in [1.29, 1.82) is 0 Å². The average Bonchev–Trinajstić information content (AvgIpc) is 3.01. The highest BCUT2D eigenvalue weighted by atomic mass is 19.1. The lowest BCUT2D eigenvalue weighted by atomic mass is 10.1. The molecule has 106 valence electrons. The summed E-state index contributed by atoms with van der Waals surface area (Å²) in [7, 11) is 1.81. The van der Waals surface area contributed by atoms with Gasteiger partial charge in [-0.1, -0.05) is 6.07 Å². The fourth-order valence-electron chi connectivity index (χ4n) is 2.27. The molecule has 3 aromatic rings. The maximum Gasteiger partial charge on any atom is 0.153 e. The lowest BCUT2D eigenvalue weighted by Gasteiger charge is -2.00. The highest BCUT2D eigenvalue weighted by molar-refractivity contribution is 5.86. The smallest absolute Gasteiger partial charge is 0.153 e. The summed E-state index contributed by atoms with van der Waals surface area (Å²) in [5, 5.41) is 8.65. The molecule has 2 heterocycles. The Morgan fingerprint density at radius 1 is 1.24 bits per heavy atom. The van der Waals surface area contributed by atoms with E-state index in [1.54, 1.807) is 36.3 Å². The van der Waals surface area contributed by atoms with E-state index in [4.69, 9.17) is 0 Å². The highest BCUT2D eigenvalue weighted by Crippen LogP contribution is 2.25. The third kappa shape index (κ3) is 2.35. The number of nitrogens with zero attached hydrogens (tertiary/aromatic N) is 4. The molecule has 0 amide bonds. The average molecular weight is 284 g/mol. The molecule has 6 heteroatoms. The SMILES string of the molecule is Cc1nn(C)cc1-c1nn(-c2cccc(F)c2)cc1C=O. The number of carbonyl (C=O) groups is 1. The molecule has 21 heavy (non-hydrogen) atoms. The van der Waals surface area contributed by atoms with Crippen LogP contribution in [-0.4, -0.2) is 25.8 Å². The van der Waals surface area contributed by atoms with Gasteiger partial charge in [0.1, 0.15) is 11.5 Å². The highest BCUT2D eigenvalue weighted by Gasteiger charge is 2.16. The van der Waals surface area contributed by atoms with Gasteiger partial charge in [-0.15, -0.1) is 0 Å². The standard InChI is InChI=1S/C15H13FN4O/c1-10-14(8-19(2)17-10)15-11(9-21)7-20(18-15)13-5-3-4-12(16)6-13/h3-9H,1-2H3. The van der Waals surface area contributed by atoms with Crippen LogP contribution in [0.3, 0.4) is 0 Å². The summed E-state index contributed by atoms with van der Waals surface area (Å²) in [6.07, 6.45) is 4.13. The molecule has 1 aromatic carbocycles. The minimum Gasteiger partial charge on any atom is -0.298 e. The van der Waals surface area contributed by atoms with E-state index in [1.807, 2.05) is 6.92 Å². The molecule has 0 unspecified atom stereocenters. The minimum absolute atomic E-state index is 0.352. The van der Waals surface area contributed by atoms with Gasteiger partial charge in [0, 0.05) is 25.0 Å². The van der Waals surface area contributed by atoms with Crippen LogP contribution in [0.4, 0.5) is 4.39 Å². The van der Waals surface area contributed by atoms with Gasteiger partial charge in [0.05, 0.1) is 16.9 Å². The fourth-order valence-corrected chi connectivity index (χ4v) is 2.27. The van der Waals surface area contributed by atoms with Crippen LogP contribution in [0.2, 0.25) is 0 Å². The first-order valence-electron chi connectivity index (χ1n) is 6.40. The van der Waals surface area contributed by atoms with Crippen molar-refractivity contribution in [2.45, 2.75) is 6.92 Å². The van der Waals surface area contributed by atoms with Crippen LogP contribution in [-0.2, 0) is 7.05 Å². The number of hydrogen-bond donors (Lipinski definition) is 0. The Hall–Kier alpha value is -2.76. The van der Waals surface area contributed by atoms with Crippen molar-refractivity contribution in [3.63, 3.8) is 0 Å². The van der Waals surface area contributed by atoms with E-state index in [0.717, 1.165) is 17.5 Å². The number of carbonyl (C=O) groups excluding carboxylic acids is 1. The first-order chi connectivity index (χ1) is 10.1. The van der Waals surface area contributed by atoms with Gasteiger partial charge in [-0.3, -0.25) is 9.48 Å². The molecular formula is C15H13FN4O. The molecule has 0 aliphatic rings. The zero-order chi connectivity index (χ0) is 15.0. The molecule has 0 radical (unpaired) electrons. The number of aryl methyl sites for hydroxylation is 2. The van der Waals surface area contributed by atoms with Gasteiger partial charge in [0.2, 0.25) is 0 Å². The van der Waals surface area contributed by atoms with Gasteiger partial charge in [0.15, 0.2) is 6.29 Å². The topological polar surface area (TPSA) is 52.7 Å². The Morgan fingerprint density at radius 2 is 2.05 bits per heavy atom. The van der Waals surface area contributed by atoms with E-state index in [9.17, 15) is 9.18 Å². The Bertz CT molecular complexity index is 819.